The van der Waals surface area contributed by atoms with Crippen LogP contribution < -0.4 is 5.73 Å². The van der Waals surface area contributed by atoms with Crippen molar-refractivity contribution in [2.75, 3.05) is 5.73 Å². The first-order valence-corrected chi connectivity index (χ1v) is 5.68. The number of nitrogens with two attached hydrogens (primary N) is 1. The molecule has 0 saturated heterocycles. The van der Waals surface area contributed by atoms with E-state index in [4.69, 9.17) is 17.3 Å². The molecule has 14 heavy (non-hydrogen) atoms. The van der Waals surface area contributed by atoms with Gasteiger partial charge in [0.1, 0.15) is 5.03 Å². The van der Waals surface area contributed by atoms with E-state index >= 15 is 0 Å². The highest BCUT2D eigenvalue weighted by atomic mass is 35.5. The molecular formula is C7H5ClN4S2. The summed E-state index contributed by atoms with van der Waals surface area (Å²) in [6.45, 7) is 0. The summed E-state index contributed by atoms with van der Waals surface area (Å²) in [5, 5.41) is 3.01. The number of rotatable bonds is 2. The SMILES string of the molecule is Nc1ncc(Cl)c(Sc2nccs2)n1. The number of hydrogen-bond acceptors (Lipinski definition) is 6. The van der Waals surface area contributed by atoms with Crippen LogP contribution in [0.2, 0.25) is 5.02 Å². The molecule has 2 aromatic rings. The minimum absolute atomic E-state index is 0.216. The Labute approximate surface area is 93.6 Å². The van der Waals surface area contributed by atoms with Crippen molar-refractivity contribution >= 4 is 40.6 Å². The quantitative estimate of drug-likeness (QED) is 0.822. The van der Waals surface area contributed by atoms with E-state index in [1.54, 1.807) is 6.20 Å². The maximum atomic E-state index is 5.89. The van der Waals surface area contributed by atoms with Crippen molar-refractivity contribution in [2.45, 2.75) is 9.37 Å². The first-order valence-electron chi connectivity index (χ1n) is 3.61. The average molecular weight is 245 g/mol. The summed E-state index contributed by atoms with van der Waals surface area (Å²) in [5.41, 5.74) is 5.45. The largest absolute Gasteiger partial charge is 0.368 e. The number of hydrogen-bond donors (Lipinski definition) is 1. The van der Waals surface area contributed by atoms with Crippen molar-refractivity contribution < 1.29 is 0 Å². The fourth-order valence-corrected chi connectivity index (χ4v) is 2.51. The summed E-state index contributed by atoms with van der Waals surface area (Å²) in [6.07, 6.45) is 3.21. The molecule has 0 bridgehead atoms. The fourth-order valence-electron chi connectivity index (χ4n) is 0.779. The Morgan fingerprint density at radius 2 is 2.29 bits per heavy atom. The van der Waals surface area contributed by atoms with E-state index in [1.165, 1.54) is 29.3 Å². The molecule has 0 aliphatic carbocycles. The third-order valence-electron chi connectivity index (χ3n) is 1.32. The molecule has 72 valence electrons. The lowest BCUT2D eigenvalue weighted by Crippen LogP contribution is -1.95. The predicted molar refractivity (Wildman–Crippen MR) is 57.7 cm³/mol. The van der Waals surface area contributed by atoms with Crippen LogP contribution in [0.4, 0.5) is 5.95 Å². The van der Waals surface area contributed by atoms with E-state index in [2.05, 4.69) is 15.0 Å². The lowest BCUT2D eigenvalue weighted by Gasteiger charge is -1.99. The molecule has 0 amide bonds. The molecule has 2 aromatic heterocycles. The van der Waals surface area contributed by atoms with Gasteiger partial charge >= 0.3 is 0 Å². The van der Waals surface area contributed by atoms with E-state index in [1.807, 2.05) is 5.38 Å². The van der Waals surface area contributed by atoms with Crippen molar-refractivity contribution in [1.82, 2.24) is 15.0 Å². The van der Waals surface area contributed by atoms with Gasteiger partial charge in [-0.2, -0.15) is 0 Å². The average Bonchev–Trinajstić information content (AvgIpc) is 2.64. The van der Waals surface area contributed by atoms with Gasteiger partial charge in [-0.1, -0.05) is 11.6 Å². The maximum absolute atomic E-state index is 5.89. The molecular weight excluding hydrogens is 240 g/mol. The van der Waals surface area contributed by atoms with E-state index in [0.717, 1.165) is 4.34 Å². The van der Waals surface area contributed by atoms with Crippen molar-refractivity contribution in [3.8, 4) is 0 Å². The summed E-state index contributed by atoms with van der Waals surface area (Å²) in [5.74, 6) is 0.216. The third-order valence-corrected chi connectivity index (χ3v) is 3.60. The highest BCUT2D eigenvalue weighted by Gasteiger charge is 2.07. The molecule has 0 aliphatic rings. The van der Waals surface area contributed by atoms with Crippen molar-refractivity contribution in [1.29, 1.82) is 0 Å². The van der Waals surface area contributed by atoms with Crippen LogP contribution in [0.1, 0.15) is 0 Å². The van der Waals surface area contributed by atoms with E-state index < -0.39 is 0 Å². The summed E-state index contributed by atoms with van der Waals surface area (Å²) in [7, 11) is 0. The van der Waals surface area contributed by atoms with Gasteiger partial charge in [0.25, 0.3) is 0 Å². The molecule has 2 rings (SSSR count). The molecule has 7 heteroatoms. The highest BCUT2D eigenvalue weighted by molar-refractivity contribution is 8.01. The van der Waals surface area contributed by atoms with E-state index in [0.29, 0.717) is 10.0 Å². The Kier molecular flexibility index (Phi) is 2.85. The summed E-state index contributed by atoms with van der Waals surface area (Å²) < 4.78 is 0.880. The predicted octanol–water partition coefficient (Wildman–Crippen LogP) is 2.32. The van der Waals surface area contributed by atoms with Crippen LogP contribution in [-0.4, -0.2) is 15.0 Å². The van der Waals surface area contributed by atoms with E-state index in [-0.39, 0.29) is 5.95 Å². The normalized spacial score (nSPS) is 10.4. The summed E-state index contributed by atoms with van der Waals surface area (Å²) in [6, 6.07) is 0. The van der Waals surface area contributed by atoms with Crippen LogP contribution in [-0.2, 0) is 0 Å². The smallest absolute Gasteiger partial charge is 0.221 e. The van der Waals surface area contributed by atoms with Gasteiger partial charge in [0, 0.05) is 11.6 Å². The first-order chi connectivity index (χ1) is 6.75. The van der Waals surface area contributed by atoms with Gasteiger partial charge in [-0.3, -0.25) is 0 Å². The van der Waals surface area contributed by atoms with Gasteiger partial charge in [-0.05, 0) is 11.8 Å². The molecule has 0 spiro atoms. The van der Waals surface area contributed by atoms with Gasteiger partial charge in [0.2, 0.25) is 5.95 Å². The Hall–Kier alpha value is -0.850. The molecule has 0 saturated carbocycles. The van der Waals surface area contributed by atoms with Crippen LogP contribution in [0, 0.1) is 0 Å². The molecule has 0 fully saturated rings. The number of thiazole rings is 1. The highest BCUT2D eigenvalue weighted by Crippen LogP contribution is 2.32. The van der Waals surface area contributed by atoms with Gasteiger partial charge in [-0.15, -0.1) is 11.3 Å². The molecule has 0 aromatic carbocycles. The van der Waals surface area contributed by atoms with Gasteiger partial charge in [-0.25, -0.2) is 15.0 Å². The number of nitrogen functional groups attached to an aromatic ring is 1. The van der Waals surface area contributed by atoms with Crippen molar-refractivity contribution in [3.05, 3.63) is 22.8 Å². The molecule has 0 atom stereocenters. The fraction of sp³-hybridized carbons (Fsp3) is 0. The Balaban J connectivity index is 2.28. The topological polar surface area (TPSA) is 64.7 Å². The van der Waals surface area contributed by atoms with Crippen LogP contribution in [0.25, 0.3) is 0 Å². The second-order valence-corrected chi connectivity index (χ2v) is 4.82. The zero-order chi connectivity index (χ0) is 9.97. The molecule has 4 nitrogen and oxygen atoms in total. The van der Waals surface area contributed by atoms with Gasteiger partial charge < -0.3 is 5.73 Å². The molecule has 2 heterocycles. The van der Waals surface area contributed by atoms with Gasteiger partial charge in [0.05, 0.1) is 11.2 Å². The monoisotopic (exact) mass is 244 g/mol. The molecule has 0 unspecified atom stereocenters. The van der Waals surface area contributed by atoms with Crippen LogP contribution in [0.5, 0.6) is 0 Å². The van der Waals surface area contributed by atoms with Crippen LogP contribution in [0.15, 0.2) is 27.1 Å². The van der Waals surface area contributed by atoms with E-state index in [9.17, 15) is 0 Å². The maximum Gasteiger partial charge on any atom is 0.221 e. The molecule has 0 aliphatic heterocycles. The second kappa shape index (κ2) is 4.12. The molecule has 0 radical (unpaired) electrons. The number of anilines is 1. The number of aromatic nitrogens is 3. The second-order valence-electron chi connectivity index (χ2n) is 2.28. The Morgan fingerprint density at radius 3 is 3.00 bits per heavy atom. The lowest BCUT2D eigenvalue weighted by molar-refractivity contribution is 1.06. The van der Waals surface area contributed by atoms with Crippen LogP contribution in [0.3, 0.4) is 0 Å². The number of halogens is 1. The first kappa shape index (κ1) is 9.70. The number of nitrogens with zero attached hydrogens (tertiary/aromatic N) is 3. The third kappa shape index (κ3) is 2.14. The summed E-state index contributed by atoms with van der Waals surface area (Å²) in [4.78, 5) is 11.9. The summed E-state index contributed by atoms with van der Waals surface area (Å²) >= 11 is 8.79. The van der Waals surface area contributed by atoms with Crippen molar-refractivity contribution in [3.63, 3.8) is 0 Å². The standard InChI is InChI=1S/C7H5ClN4S2/c8-4-3-11-6(9)12-5(4)14-7-10-1-2-13-7/h1-3H,(H2,9,11,12). The lowest BCUT2D eigenvalue weighted by atomic mass is 10.7. The Morgan fingerprint density at radius 1 is 1.43 bits per heavy atom. The van der Waals surface area contributed by atoms with Crippen LogP contribution >= 0.6 is 34.7 Å². The minimum Gasteiger partial charge on any atom is -0.368 e. The minimum atomic E-state index is 0.216. The zero-order valence-corrected chi connectivity index (χ0v) is 9.23. The van der Waals surface area contributed by atoms with Gasteiger partial charge in [0.15, 0.2) is 4.34 Å². The zero-order valence-electron chi connectivity index (χ0n) is 6.85. The van der Waals surface area contributed by atoms with Crippen molar-refractivity contribution in [2.24, 2.45) is 0 Å². The Bertz CT molecular complexity index is 431. The molecule has 2 N–H and O–H groups in total.